The van der Waals surface area contributed by atoms with Gasteiger partial charge in [0, 0.05) is 34.4 Å². The summed E-state index contributed by atoms with van der Waals surface area (Å²) in [5.74, 6) is 0.126. The predicted octanol–water partition coefficient (Wildman–Crippen LogP) is 4.60. The van der Waals surface area contributed by atoms with Gasteiger partial charge >= 0.3 is 0 Å². The van der Waals surface area contributed by atoms with E-state index in [4.69, 9.17) is 5.73 Å². The molecule has 5 N–H and O–H groups in total. The van der Waals surface area contributed by atoms with Crippen LogP contribution in [0.5, 0.6) is 0 Å². The summed E-state index contributed by atoms with van der Waals surface area (Å²) in [4.78, 5) is 18.0. The van der Waals surface area contributed by atoms with E-state index >= 15 is 0 Å². The Balaban J connectivity index is 1.66. The molecule has 0 aliphatic carbocycles. The largest absolute Gasteiger partial charge is 0.366 e. The number of nitrogens with two attached hydrogens (primary N) is 1. The predicted molar refractivity (Wildman–Crippen MR) is 126 cm³/mol. The second kappa shape index (κ2) is 8.53. The summed E-state index contributed by atoms with van der Waals surface area (Å²) in [6.45, 7) is 10.6. The number of carbonyl (C=O) groups is 1. The van der Waals surface area contributed by atoms with Gasteiger partial charge in [-0.3, -0.25) is 4.79 Å². The molecule has 160 valence electrons. The zero-order valence-electron chi connectivity index (χ0n) is 18.1. The molecule has 0 atom stereocenters. The summed E-state index contributed by atoms with van der Waals surface area (Å²) < 4.78 is 0. The number of rotatable bonds is 6. The summed E-state index contributed by atoms with van der Waals surface area (Å²) in [5, 5.41) is 8.10. The molecule has 1 aliphatic heterocycles. The highest BCUT2D eigenvalue weighted by Crippen LogP contribution is 2.37. The molecule has 6 heteroatoms. The fourth-order valence-electron chi connectivity index (χ4n) is 4.25. The minimum atomic E-state index is -0.385. The number of H-pyrrole nitrogens is 1. The van der Waals surface area contributed by atoms with Gasteiger partial charge in [0.05, 0.1) is 11.1 Å². The molecule has 0 spiro atoms. The van der Waals surface area contributed by atoms with Gasteiger partial charge in [-0.1, -0.05) is 20.8 Å². The quantitative estimate of drug-likeness (QED) is 0.467. The van der Waals surface area contributed by atoms with Gasteiger partial charge in [-0.2, -0.15) is 0 Å². The first kappa shape index (κ1) is 21.1. The van der Waals surface area contributed by atoms with Crippen LogP contribution in [0, 0.1) is 5.41 Å². The number of aromatic amines is 1. The monoisotopic (exact) mass is 424 g/mol. The number of thiophene rings is 1. The van der Waals surface area contributed by atoms with E-state index < -0.39 is 0 Å². The SMILES string of the molecule is CC(C)(C)CNCc1ccc(-c2cc(C(N)=O)c3[nH]cc(C4CCNCC4)c3c2)s1. The van der Waals surface area contributed by atoms with Crippen molar-refractivity contribution < 1.29 is 4.79 Å². The number of fused-ring (bicyclic) bond motifs is 1. The van der Waals surface area contributed by atoms with Gasteiger partial charge < -0.3 is 21.4 Å². The Labute approximate surface area is 182 Å². The molecular weight excluding hydrogens is 392 g/mol. The van der Waals surface area contributed by atoms with Crippen LogP contribution in [0.1, 0.15) is 60.3 Å². The van der Waals surface area contributed by atoms with E-state index in [1.165, 1.54) is 15.3 Å². The highest BCUT2D eigenvalue weighted by Gasteiger charge is 2.21. The number of hydrogen-bond donors (Lipinski definition) is 4. The molecule has 1 amide bonds. The maximum Gasteiger partial charge on any atom is 0.250 e. The van der Waals surface area contributed by atoms with Crippen molar-refractivity contribution >= 4 is 28.1 Å². The molecular formula is C24H32N4OS. The molecule has 2 aromatic heterocycles. The summed E-state index contributed by atoms with van der Waals surface area (Å²) in [6.07, 6.45) is 4.31. The fourth-order valence-corrected chi connectivity index (χ4v) is 5.21. The lowest BCUT2D eigenvalue weighted by Gasteiger charge is -2.22. The third-order valence-corrected chi connectivity index (χ3v) is 6.90. The molecule has 0 saturated carbocycles. The molecule has 0 radical (unpaired) electrons. The van der Waals surface area contributed by atoms with Crippen molar-refractivity contribution in [2.75, 3.05) is 19.6 Å². The smallest absolute Gasteiger partial charge is 0.250 e. The summed E-state index contributed by atoms with van der Waals surface area (Å²) in [5.41, 5.74) is 9.83. The third-order valence-electron chi connectivity index (χ3n) is 5.77. The first-order chi connectivity index (χ1) is 14.3. The van der Waals surface area contributed by atoms with Crippen LogP contribution in [0.4, 0.5) is 0 Å². The van der Waals surface area contributed by atoms with Crippen LogP contribution >= 0.6 is 11.3 Å². The van der Waals surface area contributed by atoms with E-state index in [0.717, 1.165) is 55.5 Å². The van der Waals surface area contributed by atoms with E-state index in [0.29, 0.717) is 11.5 Å². The number of aromatic nitrogens is 1. The molecule has 1 fully saturated rings. The highest BCUT2D eigenvalue weighted by molar-refractivity contribution is 7.15. The lowest BCUT2D eigenvalue weighted by atomic mass is 9.89. The van der Waals surface area contributed by atoms with Gasteiger partial charge in [-0.25, -0.2) is 0 Å². The summed E-state index contributed by atoms with van der Waals surface area (Å²) >= 11 is 1.77. The van der Waals surface area contributed by atoms with Crippen molar-refractivity contribution in [2.45, 2.75) is 46.1 Å². The van der Waals surface area contributed by atoms with E-state index in [1.807, 2.05) is 6.07 Å². The zero-order valence-corrected chi connectivity index (χ0v) is 18.9. The number of primary amides is 1. The normalized spacial score (nSPS) is 15.7. The van der Waals surface area contributed by atoms with Gasteiger partial charge in [-0.15, -0.1) is 11.3 Å². The third kappa shape index (κ3) is 4.61. The number of amides is 1. The molecule has 1 aromatic carbocycles. The molecule has 5 nitrogen and oxygen atoms in total. The molecule has 30 heavy (non-hydrogen) atoms. The van der Waals surface area contributed by atoms with E-state index in [1.54, 1.807) is 11.3 Å². The van der Waals surface area contributed by atoms with Gasteiger partial charge in [0.1, 0.15) is 0 Å². The Morgan fingerprint density at radius 3 is 2.70 bits per heavy atom. The number of hydrogen-bond acceptors (Lipinski definition) is 4. The number of benzene rings is 1. The molecule has 3 heterocycles. The van der Waals surface area contributed by atoms with Crippen LogP contribution in [-0.4, -0.2) is 30.5 Å². The molecule has 1 aliphatic rings. The van der Waals surface area contributed by atoms with Crippen LogP contribution in [0.25, 0.3) is 21.3 Å². The number of nitrogens with one attached hydrogen (secondary N) is 3. The van der Waals surface area contributed by atoms with Crippen molar-refractivity contribution in [2.24, 2.45) is 11.1 Å². The maximum absolute atomic E-state index is 12.2. The maximum atomic E-state index is 12.2. The van der Waals surface area contributed by atoms with Crippen LogP contribution in [0.15, 0.2) is 30.5 Å². The average Bonchev–Trinajstić information content (AvgIpc) is 3.34. The van der Waals surface area contributed by atoms with Gasteiger partial charge in [0.25, 0.3) is 5.91 Å². The van der Waals surface area contributed by atoms with E-state index in [2.05, 4.69) is 60.8 Å². The van der Waals surface area contributed by atoms with E-state index in [9.17, 15) is 4.79 Å². The average molecular weight is 425 g/mol. The first-order valence-electron chi connectivity index (χ1n) is 10.8. The Bertz CT molecular complexity index is 1040. The fraction of sp³-hybridized carbons (Fsp3) is 0.458. The van der Waals surface area contributed by atoms with E-state index in [-0.39, 0.29) is 11.3 Å². The van der Waals surface area contributed by atoms with Gasteiger partial charge in [0.15, 0.2) is 0 Å². The lowest BCUT2D eigenvalue weighted by molar-refractivity contribution is 0.100. The lowest BCUT2D eigenvalue weighted by Crippen LogP contribution is -2.26. The van der Waals surface area contributed by atoms with Crippen LogP contribution in [0.3, 0.4) is 0 Å². The van der Waals surface area contributed by atoms with Crippen molar-refractivity contribution in [1.82, 2.24) is 15.6 Å². The van der Waals surface area contributed by atoms with Gasteiger partial charge in [-0.05, 0) is 72.7 Å². The van der Waals surface area contributed by atoms with Crippen molar-refractivity contribution in [3.8, 4) is 10.4 Å². The Hall–Kier alpha value is -2.15. The molecule has 4 rings (SSSR count). The van der Waals surface area contributed by atoms with Gasteiger partial charge in [0.2, 0.25) is 0 Å². The second-order valence-electron chi connectivity index (χ2n) is 9.51. The molecule has 0 bridgehead atoms. The molecule has 0 unspecified atom stereocenters. The summed E-state index contributed by atoms with van der Waals surface area (Å²) in [6, 6.07) is 8.50. The van der Waals surface area contributed by atoms with Crippen molar-refractivity contribution in [3.63, 3.8) is 0 Å². The minimum Gasteiger partial charge on any atom is -0.366 e. The first-order valence-corrected chi connectivity index (χ1v) is 11.6. The Morgan fingerprint density at radius 2 is 2.00 bits per heavy atom. The Morgan fingerprint density at radius 1 is 1.23 bits per heavy atom. The minimum absolute atomic E-state index is 0.265. The van der Waals surface area contributed by atoms with Crippen LogP contribution in [0.2, 0.25) is 0 Å². The molecule has 1 saturated heterocycles. The standard InChI is InChI=1S/C24H32N4OS/c1-24(2,3)14-27-12-17-4-5-21(30-17)16-10-18-20(15-6-8-26-9-7-15)13-28-22(18)19(11-16)23(25)29/h4-5,10-11,13,15,26-28H,6-9,12,14H2,1-3H3,(H2,25,29). The van der Waals surface area contributed by atoms with Crippen LogP contribution < -0.4 is 16.4 Å². The van der Waals surface area contributed by atoms with Crippen molar-refractivity contribution in [3.05, 3.63) is 46.5 Å². The summed E-state index contributed by atoms with van der Waals surface area (Å²) in [7, 11) is 0. The number of piperidine rings is 1. The van der Waals surface area contributed by atoms with Crippen LogP contribution in [-0.2, 0) is 6.54 Å². The molecule has 3 aromatic rings. The second-order valence-corrected chi connectivity index (χ2v) is 10.7. The number of carbonyl (C=O) groups excluding carboxylic acids is 1. The Kier molecular flexibility index (Phi) is 6.00. The van der Waals surface area contributed by atoms with Crippen molar-refractivity contribution in [1.29, 1.82) is 0 Å². The zero-order chi connectivity index (χ0) is 21.3. The topological polar surface area (TPSA) is 82.9 Å². The highest BCUT2D eigenvalue weighted by atomic mass is 32.1.